The first-order valence-corrected chi connectivity index (χ1v) is 45.6. The number of nitrogens with zero attached hydrogens (tertiary/aromatic N) is 11. The molecule has 0 saturated heterocycles. The Labute approximate surface area is 928 Å². The molecule has 0 bridgehead atoms. The zero-order chi connectivity index (χ0) is 101. The summed E-state index contributed by atoms with van der Waals surface area (Å²) in [5.41, 5.74) is 18.3. The Balaban J connectivity index is 0.000000164. The molecule has 9 aromatic carbocycles. The van der Waals surface area contributed by atoms with E-state index in [4.69, 9.17) is 19.9 Å². The van der Waals surface area contributed by atoms with E-state index in [0.29, 0.717) is 75.1 Å². The predicted octanol–water partition coefficient (Wildman–Crippen LogP) is 27.9. The van der Waals surface area contributed by atoms with Gasteiger partial charge in [0.15, 0.2) is 0 Å². The quantitative estimate of drug-likeness (QED) is 0.0404. The number of ketones is 1. The Morgan fingerprint density at radius 2 is 0.664 bits per heavy atom. The van der Waals surface area contributed by atoms with Crippen LogP contribution in [-0.2, 0) is 141 Å². The number of carbonyl (C=O) groups is 1. The van der Waals surface area contributed by atoms with Gasteiger partial charge < -0.3 is 4.79 Å². The molecular weight excluding hydrogens is 2800 g/mol. The first kappa shape index (κ1) is 114. The SMILES string of the molecule is CC(C)(c1ccc2c(n1)-c1nc(-c3[c-]cccc3)ccc1C2(C)C)c1[c-]cc(F)cc1F.CC(C)(c1cccc(-c2cccc(-c3[c-]cc(F)cc3F)n2)n1)c1[c-]cc(F)cc1F.Fc1c[c-]c(-c2cccc(-c3cccc(Cc4[c-]cccc4)n3)n2)c(F)c1.O=C(c1cccc(-c2cccc(-c3ccccn3)n2)n1)c1[c-]cc(F)cc1F.[Pt+2].[Pt+2].[Pt+2].[Pt+2].[Pt].[c-]1ccccc1CCc1cccc(-c2cccc(-c3[c-]cccc3)n2)n1. The molecule has 20 aromatic rings. The van der Waals surface area contributed by atoms with Gasteiger partial charge in [-0.15, -0.1) is 144 Å². The average Bonchev–Trinajstić information content (AvgIpc) is 1.56. The first-order valence-electron chi connectivity index (χ1n) is 45.6. The molecule has 11 aromatic heterocycles. The normalized spacial score (nSPS) is 11.2. The van der Waals surface area contributed by atoms with Crippen molar-refractivity contribution in [1.29, 1.82) is 0 Å². The fraction of sp³-hybridized carbons (Fsp3) is 0.0984. The minimum atomic E-state index is -0.979. The number of hydrogen-bond acceptors (Lipinski definition) is 12. The van der Waals surface area contributed by atoms with Crippen LogP contribution in [0.4, 0.5) is 43.9 Å². The van der Waals surface area contributed by atoms with Crippen LogP contribution in [0.15, 0.2) is 352 Å². The van der Waals surface area contributed by atoms with Gasteiger partial charge in [-0.1, -0.05) is 167 Å². The number of rotatable bonds is 20. The molecule has 0 aliphatic heterocycles. The Hall–Kier alpha value is -14.0. The van der Waals surface area contributed by atoms with E-state index in [1.165, 1.54) is 11.6 Å². The van der Waals surface area contributed by atoms with E-state index in [2.05, 4.69) is 134 Å². The van der Waals surface area contributed by atoms with Crippen LogP contribution in [0, 0.1) is 113 Å². The number of aromatic nitrogens is 11. The molecule has 0 atom stereocenters. The van der Waals surface area contributed by atoms with E-state index in [0.717, 1.165) is 141 Å². The van der Waals surface area contributed by atoms with Crippen LogP contribution in [0.25, 0.3) is 113 Å². The average molecular weight is 2880 g/mol. The minimum absolute atomic E-state index is 0. The maximum Gasteiger partial charge on any atom is 2.00 e. The van der Waals surface area contributed by atoms with Crippen molar-refractivity contribution < 1.29 is 154 Å². The van der Waals surface area contributed by atoms with Crippen molar-refractivity contribution in [1.82, 2.24) is 54.8 Å². The summed E-state index contributed by atoms with van der Waals surface area (Å²) < 4.78 is 137. The number of benzene rings is 9. The van der Waals surface area contributed by atoms with E-state index < -0.39 is 74.8 Å². The second kappa shape index (κ2) is 51.8. The second-order valence-electron chi connectivity index (χ2n) is 34.8. The van der Waals surface area contributed by atoms with Gasteiger partial charge in [0.2, 0.25) is 0 Å². The van der Waals surface area contributed by atoms with Crippen molar-refractivity contribution in [3.8, 4) is 113 Å². The summed E-state index contributed by atoms with van der Waals surface area (Å²) in [5, 5.41) is 0. The summed E-state index contributed by atoms with van der Waals surface area (Å²) in [5.74, 6) is -8.00. The Morgan fingerprint density at radius 3 is 1.15 bits per heavy atom. The molecule has 0 N–H and O–H groups in total. The van der Waals surface area contributed by atoms with E-state index in [1.54, 1.807) is 86.8 Å². The number of halogens is 10. The van der Waals surface area contributed by atoms with Crippen LogP contribution >= 0.6 is 0 Å². The van der Waals surface area contributed by atoms with Crippen LogP contribution in [0.1, 0.15) is 114 Å². The minimum Gasteiger partial charge on any atom is -0.345 e. The van der Waals surface area contributed by atoms with Crippen LogP contribution in [-0.4, -0.2) is 60.6 Å². The van der Waals surface area contributed by atoms with Crippen molar-refractivity contribution in [2.75, 3.05) is 0 Å². The summed E-state index contributed by atoms with van der Waals surface area (Å²) >= 11 is 0. The van der Waals surface area contributed by atoms with Gasteiger partial charge >= 0.3 is 84.3 Å². The third kappa shape index (κ3) is 27.8. The fourth-order valence-corrected chi connectivity index (χ4v) is 16.3. The molecule has 0 fully saturated rings. The van der Waals surface area contributed by atoms with Crippen molar-refractivity contribution in [2.45, 2.75) is 77.0 Å². The number of hydrogen-bond donors (Lipinski definition) is 0. The van der Waals surface area contributed by atoms with Crippen LogP contribution in [0.2, 0.25) is 0 Å². The molecular formula is C122H82F10N11OPt5-. The molecule has 12 nitrogen and oxygen atoms in total. The number of pyridine rings is 11. The summed E-state index contributed by atoms with van der Waals surface area (Å²) in [6.07, 6.45) is 4.16. The molecule has 27 heteroatoms. The molecule has 0 spiro atoms. The van der Waals surface area contributed by atoms with E-state index in [-0.39, 0.29) is 150 Å². The van der Waals surface area contributed by atoms with Gasteiger partial charge in [0.1, 0.15) is 5.78 Å². The monoisotopic (exact) mass is 2880 g/mol. The van der Waals surface area contributed by atoms with Crippen LogP contribution < -0.4 is 0 Å². The van der Waals surface area contributed by atoms with Gasteiger partial charge in [0.05, 0.1) is 74.0 Å². The summed E-state index contributed by atoms with van der Waals surface area (Å²) in [7, 11) is 0. The molecule has 11 heterocycles. The number of aryl methyl sites for hydroxylation is 2. The fourth-order valence-electron chi connectivity index (χ4n) is 16.3. The third-order valence-electron chi connectivity index (χ3n) is 23.8. The summed E-state index contributed by atoms with van der Waals surface area (Å²) in [4.78, 5) is 63.4. The molecule has 149 heavy (non-hydrogen) atoms. The number of carbonyl (C=O) groups excluding carboxylic acids is 1. The van der Waals surface area contributed by atoms with Gasteiger partial charge in [-0.2, -0.15) is 83.9 Å². The van der Waals surface area contributed by atoms with Crippen molar-refractivity contribution in [3.05, 3.63) is 532 Å². The topological polar surface area (TPSA) is 159 Å². The van der Waals surface area contributed by atoms with E-state index in [1.807, 2.05) is 196 Å². The Kier molecular flexibility index (Phi) is 39.5. The Morgan fingerprint density at radius 1 is 0.295 bits per heavy atom. The van der Waals surface area contributed by atoms with Crippen molar-refractivity contribution in [2.24, 2.45) is 0 Å². The number of fused-ring (bicyclic) bond motifs is 3. The molecule has 752 valence electrons. The molecule has 0 amide bonds. The van der Waals surface area contributed by atoms with Crippen LogP contribution in [0.5, 0.6) is 0 Å². The van der Waals surface area contributed by atoms with Crippen molar-refractivity contribution in [3.63, 3.8) is 0 Å². The molecule has 1 aliphatic carbocycles. The molecule has 0 unspecified atom stereocenters. The standard InChI is InChI=1S/C28H22F2N2.C25H16F4N2.C24H18N2.C23H14F2N2.C22H12F2N3O.5Pt/c1-27(2)20-12-14-23(17-8-6-5-7-9-17)31-25(20)26-21(27)13-15-24(32-26)28(3,4)19-11-10-18(29)16-22(19)30;1-25(2,18-12-10-16(27)14-20(18)29)24-8-4-7-23(31-24)22-6-3-5-21(30-22)17-11-9-15(26)13-19(17)28;1-3-9-19(10-4-1)17-18-21-13-7-15-23(25-21)24-16-8-14-22(26-24)20-11-5-2-6-12-20;24-17-12-13-19(20(25)15-17)21-9-5-11-23(27-21)22-10-4-8-18(26-22)14-16-6-2-1-3-7-16;23-14-10-11-15(16(24)13-14)22(28)21-9-4-8-20(27-21)19-7-3-6-18(26-19)17-5-1-2-12-25-17;;;;;/h5-8,10,12-16H,1-4H3;3-10,13-14H,1-2H3;1-9,11,13-16H,17-18H2;1-6,8-12,15H,14H2;1-10,12-13H;;;;;/q4*-2;-1;;4*+2. The largest absolute Gasteiger partial charge is 2.00 e. The molecule has 21 rings (SSSR count). The third-order valence-corrected chi connectivity index (χ3v) is 23.8. The smallest absolute Gasteiger partial charge is 0.345 e. The maximum absolute atomic E-state index is 14.6. The predicted molar refractivity (Wildman–Crippen MR) is 534 cm³/mol. The van der Waals surface area contributed by atoms with Crippen molar-refractivity contribution >= 4 is 5.78 Å². The molecule has 1 aliphatic rings. The maximum atomic E-state index is 14.6. The van der Waals surface area contributed by atoms with E-state index >= 15 is 0 Å². The van der Waals surface area contributed by atoms with Crippen LogP contribution in [0.3, 0.4) is 0 Å². The zero-order valence-corrected chi connectivity index (χ0v) is 91.2. The summed E-state index contributed by atoms with van der Waals surface area (Å²) in [6.45, 7) is 11.6. The van der Waals surface area contributed by atoms with Gasteiger partial charge in [0.25, 0.3) is 0 Å². The summed E-state index contributed by atoms with van der Waals surface area (Å²) in [6, 6.07) is 124. The first-order chi connectivity index (χ1) is 69.6. The van der Waals surface area contributed by atoms with E-state index in [9.17, 15) is 48.7 Å². The van der Waals surface area contributed by atoms with Gasteiger partial charge in [-0.3, -0.25) is 93.7 Å². The second-order valence-corrected chi connectivity index (χ2v) is 34.8. The van der Waals surface area contributed by atoms with Gasteiger partial charge in [0, 0.05) is 124 Å². The van der Waals surface area contributed by atoms with Gasteiger partial charge in [-0.25, -0.2) is 4.98 Å². The van der Waals surface area contributed by atoms with Gasteiger partial charge in [-0.05, 0) is 150 Å². The molecule has 0 radical (unpaired) electrons. The Bertz CT molecular complexity index is 8040. The zero-order valence-electron chi connectivity index (χ0n) is 79.8. The molecule has 0 saturated carbocycles.